The van der Waals surface area contributed by atoms with Crippen molar-refractivity contribution in [1.82, 2.24) is 10.2 Å². The third kappa shape index (κ3) is 2.54. The van der Waals surface area contributed by atoms with Crippen LogP contribution in [0.2, 0.25) is 0 Å². The van der Waals surface area contributed by atoms with Crippen LogP contribution >= 0.6 is 11.3 Å². The van der Waals surface area contributed by atoms with Crippen LogP contribution in [0.3, 0.4) is 0 Å². The number of hydrogen-bond donors (Lipinski definition) is 1. The van der Waals surface area contributed by atoms with Crippen LogP contribution in [0.5, 0.6) is 0 Å². The second-order valence-electron chi connectivity index (χ2n) is 4.36. The molecule has 1 fully saturated rings. The third-order valence-corrected chi connectivity index (χ3v) is 4.08. The molecule has 2 unspecified atom stereocenters. The molecule has 0 spiro atoms. The van der Waals surface area contributed by atoms with Gasteiger partial charge in [0.25, 0.3) is 6.43 Å². The molecule has 1 aliphatic heterocycles. The first kappa shape index (κ1) is 13.4. The molecule has 1 N–H and O–H groups in total. The lowest BCUT2D eigenvalue weighted by atomic mass is 10.2. The van der Waals surface area contributed by atoms with Gasteiger partial charge in [-0.05, 0) is 25.5 Å². The molecule has 6 heteroatoms. The van der Waals surface area contributed by atoms with Crippen LogP contribution in [0.1, 0.15) is 29.3 Å². The number of halogens is 2. The highest BCUT2D eigenvalue weighted by molar-refractivity contribution is 7.12. The normalized spacial score (nSPS) is 24.3. The number of hydrogen-bond acceptors (Lipinski definition) is 3. The molecule has 1 aromatic heterocycles. The van der Waals surface area contributed by atoms with Gasteiger partial charge in [0.2, 0.25) is 5.91 Å². The molecule has 1 aliphatic rings. The maximum atomic E-state index is 12.6. The monoisotopic (exact) mass is 274 g/mol. The average molecular weight is 274 g/mol. The molecular formula is C12H16F2N2OS. The van der Waals surface area contributed by atoms with Gasteiger partial charge in [-0.2, -0.15) is 0 Å². The number of amides is 1. The van der Waals surface area contributed by atoms with Crippen molar-refractivity contribution in [2.24, 2.45) is 0 Å². The molecule has 100 valence electrons. The van der Waals surface area contributed by atoms with E-state index in [2.05, 4.69) is 5.32 Å². The Morgan fingerprint density at radius 2 is 2.22 bits per heavy atom. The predicted molar refractivity (Wildman–Crippen MR) is 66.7 cm³/mol. The zero-order valence-electron chi connectivity index (χ0n) is 10.3. The van der Waals surface area contributed by atoms with Gasteiger partial charge in [-0.3, -0.25) is 10.1 Å². The van der Waals surface area contributed by atoms with E-state index in [0.29, 0.717) is 6.42 Å². The Kier molecular flexibility index (Phi) is 3.97. The Morgan fingerprint density at radius 1 is 1.50 bits per heavy atom. The SMILES string of the molecule is CCC1NC(c2ccc(C)s2)N(CC(F)F)C1=O. The van der Waals surface area contributed by atoms with Crippen molar-refractivity contribution in [3.63, 3.8) is 0 Å². The van der Waals surface area contributed by atoms with E-state index in [9.17, 15) is 13.6 Å². The zero-order chi connectivity index (χ0) is 13.3. The molecule has 1 saturated heterocycles. The number of alkyl halides is 2. The van der Waals surface area contributed by atoms with Crippen LogP contribution in [-0.4, -0.2) is 29.8 Å². The number of nitrogens with one attached hydrogen (secondary N) is 1. The molecule has 0 radical (unpaired) electrons. The number of nitrogens with zero attached hydrogens (tertiary/aromatic N) is 1. The maximum absolute atomic E-state index is 12.6. The second kappa shape index (κ2) is 5.32. The maximum Gasteiger partial charge on any atom is 0.255 e. The Bertz CT molecular complexity index is 435. The summed E-state index contributed by atoms with van der Waals surface area (Å²) >= 11 is 1.53. The fraction of sp³-hybridized carbons (Fsp3) is 0.583. The molecule has 0 aliphatic carbocycles. The molecule has 2 atom stereocenters. The van der Waals surface area contributed by atoms with Crippen molar-refractivity contribution < 1.29 is 13.6 Å². The number of carbonyl (C=O) groups is 1. The summed E-state index contributed by atoms with van der Waals surface area (Å²) in [6.45, 7) is 3.32. The van der Waals surface area contributed by atoms with Crippen LogP contribution < -0.4 is 5.32 Å². The average Bonchev–Trinajstić information content (AvgIpc) is 2.85. The quantitative estimate of drug-likeness (QED) is 0.915. The summed E-state index contributed by atoms with van der Waals surface area (Å²) in [7, 11) is 0. The minimum Gasteiger partial charge on any atom is -0.315 e. The van der Waals surface area contributed by atoms with Crippen LogP contribution in [-0.2, 0) is 4.79 Å². The van der Waals surface area contributed by atoms with E-state index in [1.165, 1.54) is 16.2 Å². The van der Waals surface area contributed by atoms with E-state index in [1.807, 2.05) is 26.0 Å². The molecular weight excluding hydrogens is 258 g/mol. The molecule has 0 aromatic carbocycles. The third-order valence-electron chi connectivity index (χ3n) is 3.03. The van der Waals surface area contributed by atoms with Crippen LogP contribution in [0.4, 0.5) is 8.78 Å². The first-order valence-electron chi connectivity index (χ1n) is 5.94. The molecule has 1 amide bonds. The van der Waals surface area contributed by atoms with Gasteiger partial charge in [0.05, 0.1) is 12.6 Å². The van der Waals surface area contributed by atoms with Gasteiger partial charge < -0.3 is 4.90 Å². The highest BCUT2D eigenvalue weighted by Gasteiger charge is 2.40. The van der Waals surface area contributed by atoms with Crippen molar-refractivity contribution in [3.8, 4) is 0 Å². The highest BCUT2D eigenvalue weighted by atomic mass is 32.1. The van der Waals surface area contributed by atoms with Gasteiger partial charge in [0.1, 0.15) is 6.17 Å². The lowest BCUT2D eigenvalue weighted by Gasteiger charge is -2.22. The van der Waals surface area contributed by atoms with E-state index >= 15 is 0 Å². The summed E-state index contributed by atoms with van der Waals surface area (Å²) in [5, 5.41) is 3.13. The van der Waals surface area contributed by atoms with E-state index in [4.69, 9.17) is 0 Å². The Morgan fingerprint density at radius 3 is 2.72 bits per heavy atom. The number of thiophene rings is 1. The van der Waals surface area contributed by atoms with E-state index in [1.54, 1.807) is 0 Å². The fourth-order valence-corrected chi connectivity index (χ4v) is 3.10. The number of rotatable bonds is 4. The highest BCUT2D eigenvalue weighted by Crippen LogP contribution is 2.31. The first-order chi connectivity index (χ1) is 8.52. The zero-order valence-corrected chi connectivity index (χ0v) is 11.1. The second-order valence-corrected chi connectivity index (χ2v) is 5.68. The van der Waals surface area contributed by atoms with Crippen molar-refractivity contribution >= 4 is 17.2 Å². The molecule has 0 saturated carbocycles. The molecule has 1 aromatic rings. The summed E-state index contributed by atoms with van der Waals surface area (Å²) in [6, 6.07) is 3.48. The van der Waals surface area contributed by atoms with E-state index < -0.39 is 19.1 Å². The van der Waals surface area contributed by atoms with Gasteiger partial charge in [-0.25, -0.2) is 8.78 Å². The minimum atomic E-state index is -2.50. The predicted octanol–water partition coefficient (Wildman–Crippen LogP) is 2.53. The Labute approximate surface area is 109 Å². The smallest absolute Gasteiger partial charge is 0.255 e. The van der Waals surface area contributed by atoms with Crippen molar-refractivity contribution in [1.29, 1.82) is 0 Å². The molecule has 2 heterocycles. The summed E-state index contributed by atoms with van der Waals surface area (Å²) in [5.41, 5.74) is 0. The standard InChI is InChI=1S/C12H16F2N2OS/c1-3-8-12(17)16(6-10(13)14)11(15-8)9-5-4-7(2)18-9/h4-5,8,10-11,15H,3,6H2,1-2H3. The van der Waals surface area contributed by atoms with Crippen LogP contribution in [0.25, 0.3) is 0 Å². The molecule has 2 rings (SSSR count). The van der Waals surface area contributed by atoms with Gasteiger partial charge in [0, 0.05) is 9.75 Å². The van der Waals surface area contributed by atoms with Crippen LogP contribution in [0, 0.1) is 6.92 Å². The van der Waals surface area contributed by atoms with Crippen molar-refractivity contribution in [2.75, 3.05) is 6.54 Å². The topological polar surface area (TPSA) is 32.3 Å². The first-order valence-corrected chi connectivity index (χ1v) is 6.75. The Balaban J connectivity index is 2.23. The largest absolute Gasteiger partial charge is 0.315 e. The lowest BCUT2D eigenvalue weighted by molar-refractivity contribution is -0.132. The summed E-state index contributed by atoms with van der Waals surface area (Å²) in [4.78, 5) is 15.3. The minimum absolute atomic E-state index is 0.228. The summed E-state index contributed by atoms with van der Waals surface area (Å²) in [6.07, 6.45) is -2.30. The van der Waals surface area contributed by atoms with Gasteiger partial charge in [-0.15, -0.1) is 11.3 Å². The van der Waals surface area contributed by atoms with Gasteiger partial charge >= 0.3 is 0 Å². The van der Waals surface area contributed by atoms with Crippen molar-refractivity contribution in [3.05, 3.63) is 21.9 Å². The lowest BCUT2D eigenvalue weighted by Crippen LogP contribution is -2.34. The fourth-order valence-electron chi connectivity index (χ4n) is 2.15. The Hall–Kier alpha value is -1.01. The van der Waals surface area contributed by atoms with Crippen molar-refractivity contribution in [2.45, 2.75) is 38.9 Å². The molecule has 18 heavy (non-hydrogen) atoms. The van der Waals surface area contributed by atoms with Gasteiger partial charge in [-0.1, -0.05) is 6.92 Å². The molecule has 0 bridgehead atoms. The summed E-state index contributed by atoms with van der Waals surface area (Å²) in [5.74, 6) is -0.228. The van der Waals surface area contributed by atoms with E-state index in [0.717, 1.165) is 9.75 Å². The number of carbonyl (C=O) groups excluding carboxylic acids is 1. The van der Waals surface area contributed by atoms with Crippen LogP contribution in [0.15, 0.2) is 12.1 Å². The van der Waals surface area contributed by atoms with E-state index in [-0.39, 0.29) is 11.9 Å². The summed E-state index contributed by atoms with van der Waals surface area (Å²) < 4.78 is 25.1. The molecule has 3 nitrogen and oxygen atoms in total. The number of aryl methyl sites for hydroxylation is 1. The van der Waals surface area contributed by atoms with Gasteiger partial charge in [0.15, 0.2) is 0 Å².